The molecule has 2 rings (SSSR count). The van der Waals surface area contributed by atoms with Gasteiger partial charge in [0.1, 0.15) is 0 Å². The maximum atomic E-state index is 12.0. The molecule has 0 radical (unpaired) electrons. The normalized spacial score (nSPS) is 12.4. The van der Waals surface area contributed by atoms with Crippen LogP contribution in [0.1, 0.15) is 44.7 Å². The number of amides is 1. The molecule has 0 bridgehead atoms. The second-order valence-electron chi connectivity index (χ2n) is 5.36. The molecule has 0 aliphatic carbocycles. The highest BCUT2D eigenvalue weighted by atomic mass is 16.1. The first kappa shape index (κ1) is 14.3. The summed E-state index contributed by atoms with van der Waals surface area (Å²) in [4.78, 5) is 12.0. The molecule has 2 aromatic rings. The van der Waals surface area contributed by atoms with Gasteiger partial charge in [-0.2, -0.15) is 5.10 Å². The Morgan fingerprint density at radius 1 is 1.25 bits per heavy atom. The number of hydrogen-bond acceptors (Lipinski definition) is 2. The van der Waals surface area contributed by atoms with Gasteiger partial charge in [-0.05, 0) is 36.6 Å². The van der Waals surface area contributed by atoms with Crippen LogP contribution < -0.4 is 5.32 Å². The number of rotatable bonds is 5. The number of nitrogens with one attached hydrogen (secondary N) is 1. The zero-order chi connectivity index (χ0) is 14.5. The van der Waals surface area contributed by atoms with E-state index in [-0.39, 0.29) is 11.9 Å². The first-order valence-electron chi connectivity index (χ1n) is 6.95. The predicted molar refractivity (Wildman–Crippen MR) is 80.7 cm³/mol. The second-order valence-corrected chi connectivity index (χ2v) is 5.36. The van der Waals surface area contributed by atoms with E-state index in [9.17, 15) is 4.79 Å². The molecule has 1 N–H and O–H groups in total. The van der Waals surface area contributed by atoms with Crippen LogP contribution in [0.2, 0.25) is 0 Å². The van der Waals surface area contributed by atoms with Crippen LogP contribution in [-0.4, -0.2) is 15.7 Å². The summed E-state index contributed by atoms with van der Waals surface area (Å²) in [5.74, 6) is 0.505. The predicted octanol–water partition coefficient (Wildman–Crippen LogP) is 3.60. The summed E-state index contributed by atoms with van der Waals surface area (Å²) in [5.41, 5.74) is 2.11. The van der Waals surface area contributed by atoms with Crippen molar-refractivity contribution in [2.75, 3.05) is 5.32 Å². The Balaban J connectivity index is 1.91. The minimum atomic E-state index is 0.00490. The summed E-state index contributed by atoms with van der Waals surface area (Å²) in [7, 11) is 0. The highest BCUT2D eigenvalue weighted by Gasteiger charge is 2.11. The average Bonchev–Trinajstić information content (AvgIpc) is 2.93. The van der Waals surface area contributed by atoms with Crippen LogP contribution in [-0.2, 0) is 4.79 Å². The van der Waals surface area contributed by atoms with Crippen molar-refractivity contribution in [1.82, 2.24) is 9.78 Å². The van der Waals surface area contributed by atoms with Gasteiger partial charge in [-0.3, -0.25) is 9.48 Å². The van der Waals surface area contributed by atoms with Crippen LogP contribution in [0.4, 0.5) is 5.69 Å². The van der Waals surface area contributed by atoms with E-state index in [0.29, 0.717) is 12.3 Å². The van der Waals surface area contributed by atoms with E-state index in [0.717, 1.165) is 5.69 Å². The molecule has 1 unspecified atom stereocenters. The Morgan fingerprint density at radius 3 is 2.50 bits per heavy atom. The number of hydrogen-bond donors (Lipinski definition) is 1. The van der Waals surface area contributed by atoms with E-state index < -0.39 is 0 Å². The lowest BCUT2D eigenvalue weighted by Gasteiger charge is -2.13. The van der Waals surface area contributed by atoms with Gasteiger partial charge in [0, 0.05) is 24.5 Å². The third-order valence-corrected chi connectivity index (χ3v) is 3.32. The summed E-state index contributed by atoms with van der Waals surface area (Å²) in [5, 5.41) is 7.06. The molecule has 4 nitrogen and oxygen atoms in total. The van der Waals surface area contributed by atoms with Crippen molar-refractivity contribution in [2.24, 2.45) is 0 Å². The topological polar surface area (TPSA) is 46.9 Å². The van der Waals surface area contributed by atoms with Crippen molar-refractivity contribution in [1.29, 1.82) is 0 Å². The van der Waals surface area contributed by atoms with Crippen molar-refractivity contribution in [2.45, 2.75) is 39.2 Å². The molecule has 0 saturated heterocycles. The number of carbonyl (C=O) groups is 1. The molecule has 1 amide bonds. The van der Waals surface area contributed by atoms with Crippen LogP contribution in [0.25, 0.3) is 0 Å². The van der Waals surface area contributed by atoms with Crippen LogP contribution in [0.15, 0.2) is 42.7 Å². The number of benzene rings is 1. The molecule has 1 aromatic heterocycles. The molecular formula is C16H21N3O. The summed E-state index contributed by atoms with van der Waals surface area (Å²) in [6, 6.07) is 9.92. The zero-order valence-electron chi connectivity index (χ0n) is 12.2. The van der Waals surface area contributed by atoms with Gasteiger partial charge < -0.3 is 5.32 Å². The first-order chi connectivity index (χ1) is 9.56. The largest absolute Gasteiger partial charge is 0.326 e. The molecule has 4 heteroatoms. The lowest BCUT2D eigenvalue weighted by Crippen LogP contribution is -2.17. The number of carbonyl (C=O) groups excluding carboxylic acids is 1. The van der Waals surface area contributed by atoms with Crippen LogP contribution >= 0.6 is 0 Å². The molecule has 1 atom stereocenters. The molecule has 0 spiro atoms. The van der Waals surface area contributed by atoms with Gasteiger partial charge in [-0.25, -0.2) is 0 Å². The molecule has 0 fully saturated rings. The van der Waals surface area contributed by atoms with Crippen LogP contribution in [0.5, 0.6) is 0 Å². The lowest BCUT2D eigenvalue weighted by atomic mass is 10.0. The molecule has 0 saturated carbocycles. The Hall–Kier alpha value is -2.10. The minimum absolute atomic E-state index is 0.00490. The molecule has 0 aliphatic rings. The molecule has 0 aliphatic heterocycles. The highest BCUT2D eigenvalue weighted by molar-refractivity contribution is 5.90. The molecular weight excluding hydrogens is 250 g/mol. The van der Waals surface area contributed by atoms with Crippen molar-refractivity contribution in [3.05, 3.63) is 48.3 Å². The van der Waals surface area contributed by atoms with Gasteiger partial charge in [-0.15, -0.1) is 0 Å². The Labute approximate surface area is 119 Å². The van der Waals surface area contributed by atoms with E-state index in [1.54, 1.807) is 10.9 Å². The van der Waals surface area contributed by atoms with Crippen molar-refractivity contribution in [3.8, 4) is 0 Å². The lowest BCUT2D eigenvalue weighted by molar-refractivity contribution is -0.116. The van der Waals surface area contributed by atoms with Crippen molar-refractivity contribution in [3.63, 3.8) is 0 Å². The summed E-state index contributed by atoms with van der Waals surface area (Å²) in [6.45, 7) is 6.28. The van der Waals surface area contributed by atoms with E-state index in [2.05, 4.69) is 36.4 Å². The van der Waals surface area contributed by atoms with Crippen LogP contribution in [0.3, 0.4) is 0 Å². The van der Waals surface area contributed by atoms with Gasteiger partial charge in [0.15, 0.2) is 0 Å². The number of nitrogens with zero attached hydrogens (tertiary/aromatic N) is 2. The van der Waals surface area contributed by atoms with E-state index in [4.69, 9.17) is 0 Å². The van der Waals surface area contributed by atoms with E-state index >= 15 is 0 Å². The maximum absolute atomic E-state index is 12.0. The fourth-order valence-electron chi connectivity index (χ4n) is 2.07. The fraction of sp³-hybridized carbons (Fsp3) is 0.375. The van der Waals surface area contributed by atoms with E-state index in [1.165, 1.54) is 5.56 Å². The van der Waals surface area contributed by atoms with Gasteiger partial charge in [-0.1, -0.05) is 26.0 Å². The fourth-order valence-corrected chi connectivity index (χ4v) is 2.07. The quantitative estimate of drug-likeness (QED) is 0.903. The third kappa shape index (κ3) is 3.70. The van der Waals surface area contributed by atoms with Gasteiger partial charge in [0.25, 0.3) is 0 Å². The third-order valence-electron chi connectivity index (χ3n) is 3.32. The summed E-state index contributed by atoms with van der Waals surface area (Å²) >= 11 is 0. The van der Waals surface area contributed by atoms with Crippen molar-refractivity contribution >= 4 is 11.6 Å². The van der Waals surface area contributed by atoms with Crippen molar-refractivity contribution < 1.29 is 4.79 Å². The number of aromatic nitrogens is 2. The second kappa shape index (κ2) is 6.37. The zero-order valence-corrected chi connectivity index (χ0v) is 12.2. The van der Waals surface area contributed by atoms with Crippen LogP contribution in [0, 0.1) is 0 Å². The SMILES string of the molecule is CC(C)c1ccc(NC(=O)CC(C)n2cccn2)cc1. The molecule has 1 heterocycles. The van der Waals surface area contributed by atoms with E-state index in [1.807, 2.05) is 31.3 Å². The summed E-state index contributed by atoms with van der Waals surface area (Å²) in [6.07, 6.45) is 4.00. The Bertz CT molecular complexity index is 544. The molecule has 106 valence electrons. The van der Waals surface area contributed by atoms with Gasteiger partial charge >= 0.3 is 0 Å². The maximum Gasteiger partial charge on any atom is 0.226 e. The Morgan fingerprint density at radius 2 is 1.95 bits per heavy atom. The first-order valence-corrected chi connectivity index (χ1v) is 6.95. The summed E-state index contributed by atoms with van der Waals surface area (Å²) < 4.78 is 1.79. The highest BCUT2D eigenvalue weighted by Crippen LogP contribution is 2.18. The smallest absolute Gasteiger partial charge is 0.226 e. The van der Waals surface area contributed by atoms with Gasteiger partial charge in [0.2, 0.25) is 5.91 Å². The average molecular weight is 271 g/mol. The molecule has 20 heavy (non-hydrogen) atoms. The standard InChI is InChI=1S/C16H21N3O/c1-12(2)14-5-7-15(8-6-14)18-16(20)11-13(3)19-10-4-9-17-19/h4-10,12-13H,11H2,1-3H3,(H,18,20). The monoisotopic (exact) mass is 271 g/mol. The molecule has 1 aromatic carbocycles. The van der Waals surface area contributed by atoms with Gasteiger partial charge in [0.05, 0.1) is 6.04 Å². The minimum Gasteiger partial charge on any atom is -0.326 e. The Kier molecular flexibility index (Phi) is 4.56. The number of anilines is 1.